The standard InChI is InChI=1S/C21H31N5O.HI/c1-4-18-8-6-7-9-19(18)15-23-21(22-5-2)26-12-10-25(11-13-26)16-20-14-17(3)27-24-20;/h6-9,14H,4-5,10-13,15-16H2,1-3H3,(H,22,23);1H. The van der Waals surface area contributed by atoms with E-state index in [4.69, 9.17) is 9.52 Å². The average Bonchev–Trinajstić information content (AvgIpc) is 3.10. The molecule has 1 saturated heterocycles. The Labute approximate surface area is 185 Å². The molecule has 0 bridgehead atoms. The zero-order chi connectivity index (χ0) is 19.1. The minimum absolute atomic E-state index is 0. The van der Waals surface area contributed by atoms with Crippen LogP contribution >= 0.6 is 24.0 Å². The first-order chi connectivity index (χ1) is 13.2. The molecule has 0 amide bonds. The van der Waals surface area contributed by atoms with Crippen molar-refractivity contribution in [3.05, 3.63) is 52.9 Å². The van der Waals surface area contributed by atoms with Crippen LogP contribution < -0.4 is 5.32 Å². The molecule has 0 aliphatic carbocycles. The van der Waals surface area contributed by atoms with E-state index in [1.54, 1.807) is 0 Å². The number of rotatable bonds is 6. The third-order valence-corrected chi connectivity index (χ3v) is 4.97. The van der Waals surface area contributed by atoms with Gasteiger partial charge in [0.1, 0.15) is 5.76 Å². The molecule has 2 heterocycles. The molecule has 1 fully saturated rings. The summed E-state index contributed by atoms with van der Waals surface area (Å²) in [5, 5.41) is 7.56. The Bertz CT molecular complexity index is 753. The molecule has 0 radical (unpaired) electrons. The Morgan fingerprint density at radius 2 is 1.86 bits per heavy atom. The van der Waals surface area contributed by atoms with Crippen molar-refractivity contribution in [3.8, 4) is 0 Å². The Kier molecular flexibility index (Phi) is 9.24. The lowest BCUT2D eigenvalue weighted by atomic mass is 10.1. The normalized spacial score (nSPS) is 15.4. The molecule has 1 aromatic heterocycles. The summed E-state index contributed by atoms with van der Waals surface area (Å²) in [6.45, 7) is 12.7. The van der Waals surface area contributed by atoms with Crippen molar-refractivity contribution in [1.29, 1.82) is 0 Å². The second-order valence-electron chi connectivity index (χ2n) is 6.98. The number of aromatic nitrogens is 1. The highest BCUT2D eigenvalue weighted by molar-refractivity contribution is 14.0. The summed E-state index contributed by atoms with van der Waals surface area (Å²) in [4.78, 5) is 9.70. The maximum atomic E-state index is 5.17. The number of nitrogens with zero attached hydrogens (tertiary/aromatic N) is 4. The Morgan fingerprint density at radius 1 is 1.14 bits per heavy atom. The number of aryl methyl sites for hydroxylation is 2. The van der Waals surface area contributed by atoms with Gasteiger partial charge in [0.05, 0.1) is 12.2 Å². The second kappa shape index (κ2) is 11.4. The van der Waals surface area contributed by atoms with Crippen molar-refractivity contribution < 1.29 is 4.52 Å². The van der Waals surface area contributed by atoms with Gasteiger partial charge in [0, 0.05) is 45.3 Å². The van der Waals surface area contributed by atoms with Crippen molar-refractivity contribution in [2.45, 2.75) is 40.3 Å². The minimum Gasteiger partial charge on any atom is -0.361 e. The molecular weight excluding hydrogens is 465 g/mol. The molecular formula is C21H32IN5O. The van der Waals surface area contributed by atoms with Gasteiger partial charge in [-0.25, -0.2) is 4.99 Å². The van der Waals surface area contributed by atoms with E-state index in [9.17, 15) is 0 Å². The number of aliphatic imine (C=N–C) groups is 1. The molecule has 2 aromatic rings. The van der Waals surface area contributed by atoms with E-state index in [1.807, 2.05) is 13.0 Å². The summed E-state index contributed by atoms with van der Waals surface area (Å²) >= 11 is 0. The van der Waals surface area contributed by atoms with Crippen LogP contribution in [-0.2, 0) is 19.5 Å². The second-order valence-corrected chi connectivity index (χ2v) is 6.98. The first kappa shape index (κ1) is 22.7. The molecule has 28 heavy (non-hydrogen) atoms. The van der Waals surface area contributed by atoms with E-state index in [2.05, 4.69) is 58.4 Å². The molecule has 0 unspecified atom stereocenters. The third kappa shape index (κ3) is 6.20. The van der Waals surface area contributed by atoms with E-state index in [0.717, 1.165) is 69.6 Å². The fraction of sp³-hybridized carbons (Fsp3) is 0.524. The third-order valence-electron chi connectivity index (χ3n) is 4.97. The number of guanidine groups is 1. The van der Waals surface area contributed by atoms with Gasteiger partial charge in [-0.3, -0.25) is 4.90 Å². The van der Waals surface area contributed by atoms with Crippen molar-refractivity contribution in [1.82, 2.24) is 20.3 Å². The highest BCUT2D eigenvalue weighted by atomic mass is 127. The van der Waals surface area contributed by atoms with Crippen molar-refractivity contribution in [2.24, 2.45) is 4.99 Å². The molecule has 154 valence electrons. The number of benzene rings is 1. The van der Waals surface area contributed by atoms with E-state index < -0.39 is 0 Å². The van der Waals surface area contributed by atoms with Gasteiger partial charge < -0.3 is 14.7 Å². The fourth-order valence-electron chi connectivity index (χ4n) is 3.48. The Hall–Kier alpha value is -1.61. The largest absolute Gasteiger partial charge is 0.361 e. The first-order valence-electron chi connectivity index (χ1n) is 9.94. The number of hydrogen-bond acceptors (Lipinski definition) is 4. The molecule has 6 nitrogen and oxygen atoms in total. The van der Waals surface area contributed by atoms with Gasteiger partial charge >= 0.3 is 0 Å². The Balaban J connectivity index is 0.00000280. The van der Waals surface area contributed by atoms with Gasteiger partial charge in [0.25, 0.3) is 0 Å². The predicted molar refractivity (Wildman–Crippen MR) is 124 cm³/mol. The van der Waals surface area contributed by atoms with Crippen LogP contribution in [0.1, 0.15) is 36.4 Å². The van der Waals surface area contributed by atoms with Gasteiger partial charge in [-0.1, -0.05) is 36.3 Å². The van der Waals surface area contributed by atoms with E-state index in [0.29, 0.717) is 0 Å². The lowest BCUT2D eigenvalue weighted by Gasteiger charge is -2.36. The van der Waals surface area contributed by atoms with Crippen molar-refractivity contribution >= 4 is 29.9 Å². The number of piperazine rings is 1. The molecule has 0 atom stereocenters. The maximum absolute atomic E-state index is 5.17. The van der Waals surface area contributed by atoms with Crippen LogP contribution in [0, 0.1) is 6.92 Å². The summed E-state index contributed by atoms with van der Waals surface area (Å²) in [5.41, 5.74) is 3.71. The van der Waals surface area contributed by atoms with Crippen LogP contribution in [0.3, 0.4) is 0 Å². The number of nitrogens with one attached hydrogen (secondary N) is 1. The van der Waals surface area contributed by atoms with Gasteiger partial charge in [-0.2, -0.15) is 0 Å². The fourth-order valence-corrected chi connectivity index (χ4v) is 3.48. The van der Waals surface area contributed by atoms with E-state index in [-0.39, 0.29) is 24.0 Å². The van der Waals surface area contributed by atoms with Gasteiger partial charge in [0.2, 0.25) is 0 Å². The predicted octanol–water partition coefficient (Wildman–Crippen LogP) is 3.45. The average molecular weight is 497 g/mol. The van der Waals surface area contributed by atoms with Crippen LogP contribution in [0.5, 0.6) is 0 Å². The molecule has 7 heteroatoms. The summed E-state index contributed by atoms with van der Waals surface area (Å²) in [6, 6.07) is 10.6. The smallest absolute Gasteiger partial charge is 0.194 e. The summed E-state index contributed by atoms with van der Waals surface area (Å²) < 4.78 is 5.17. The highest BCUT2D eigenvalue weighted by Crippen LogP contribution is 2.12. The van der Waals surface area contributed by atoms with E-state index in [1.165, 1.54) is 11.1 Å². The monoisotopic (exact) mass is 497 g/mol. The lowest BCUT2D eigenvalue weighted by Crippen LogP contribution is -2.52. The topological polar surface area (TPSA) is 56.9 Å². The van der Waals surface area contributed by atoms with Crippen LogP contribution in [0.15, 0.2) is 39.8 Å². The van der Waals surface area contributed by atoms with Crippen LogP contribution in [-0.4, -0.2) is 53.6 Å². The SMILES string of the molecule is CCNC(=NCc1ccccc1CC)N1CCN(Cc2cc(C)on2)CC1.I. The lowest BCUT2D eigenvalue weighted by molar-refractivity contribution is 0.169. The molecule has 3 rings (SSSR count). The zero-order valence-electron chi connectivity index (χ0n) is 17.1. The molecule has 0 spiro atoms. The summed E-state index contributed by atoms with van der Waals surface area (Å²) in [5.74, 6) is 1.89. The highest BCUT2D eigenvalue weighted by Gasteiger charge is 2.20. The van der Waals surface area contributed by atoms with E-state index >= 15 is 0 Å². The minimum atomic E-state index is 0. The van der Waals surface area contributed by atoms with Crippen LogP contribution in [0.2, 0.25) is 0 Å². The van der Waals surface area contributed by atoms with Crippen molar-refractivity contribution in [2.75, 3.05) is 32.7 Å². The van der Waals surface area contributed by atoms with Crippen LogP contribution in [0.4, 0.5) is 0 Å². The van der Waals surface area contributed by atoms with Gasteiger partial charge in [-0.05, 0) is 31.4 Å². The quantitative estimate of drug-likeness (QED) is 0.377. The molecule has 1 aliphatic heterocycles. The summed E-state index contributed by atoms with van der Waals surface area (Å²) in [6.07, 6.45) is 1.04. The Morgan fingerprint density at radius 3 is 2.46 bits per heavy atom. The maximum Gasteiger partial charge on any atom is 0.194 e. The number of halogens is 1. The number of hydrogen-bond donors (Lipinski definition) is 1. The van der Waals surface area contributed by atoms with Crippen LogP contribution in [0.25, 0.3) is 0 Å². The zero-order valence-corrected chi connectivity index (χ0v) is 19.5. The molecule has 0 saturated carbocycles. The first-order valence-corrected chi connectivity index (χ1v) is 9.94. The molecule has 1 aromatic carbocycles. The van der Waals surface area contributed by atoms with Gasteiger partial charge in [-0.15, -0.1) is 24.0 Å². The molecule has 1 N–H and O–H groups in total. The summed E-state index contributed by atoms with van der Waals surface area (Å²) in [7, 11) is 0. The molecule has 1 aliphatic rings. The van der Waals surface area contributed by atoms with Gasteiger partial charge in [0.15, 0.2) is 5.96 Å². The van der Waals surface area contributed by atoms with Crippen molar-refractivity contribution in [3.63, 3.8) is 0 Å².